The Morgan fingerprint density at radius 1 is 1.23 bits per heavy atom. The molecule has 1 aliphatic heterocycles. The second-order valence-corrected chi connectivity index (χ2v) is 2.97. The predicted octanol–water partition coefficient (Wildman–Crippen LogP) is 1.42. The van der Waals surface area contributed by atoms with Crippen molar-refractivity contribution in [2.45, 2.75) is 0 Å². The molecule has 1 aromatic heterocycles. The lowest BCUT2D eigenvalue weighted by atomic mass is 10.1. The molecule has 0 atom stereocenters. The molecule has 0 N–H and O–H groups in total. The maximum absolute atomic E-state index is 11.7. The molecule has 0 saturated carbocycles. The Morgan fingerprint density at radius 3 is 3.00 bits per heavy atom. The van der Waals surface area contributed by atoms with E-state index in [4.69, 9.17) is 0 Å². The Labute approximate surface area is 74.6 Å². The largest absolute Gasteiger partial charge is 0.296 e. The summed E-state index contributed by atoms with van der Waals surface area (Å²) in [7, 11) is 0. The van der Waals surface area contributed by atoms with E-state index in [1.807, 2.05) is 28.8 Å². The molecule has 1 aliphatic rings. The molecule has 0 unspecified atom stereocenters. The molecule has 1 aromatic carbocycles. The van der Waals surface area contributed by atoms with Crippen molar-refractivity contribution >= 4 is 5.78 Å². The van der Waals surface area contributed by atoms with E-state index in [1.54, 1.807) is 12.4 Å². The van der Waals surface area contributed by atoms with Crippen molar-refractivity contribution in [3.63, 3.8) is 0 Å². The number of carbonyl (C=O) groups is 1. The molecule has 0 amide bonds. The van der Waals surface area contributed by atoms with E-state index in [9.17, 15) is 4.79 Å². The Balaban J connectivity index is 2.43. The monoisotopic (exact) mass is 170 g/mol. The van der Waals surface area contributed by atoms with Gasteiger partial charge in [0.2, 0.25) is 5.78 Å². The number of nitrogens with zero attached hydrogens (tertiary/aromatic N) is 2. The zero-order chi connectivity index (χ0) is 8.84. The number of ketones is 1. The Kier molecular flexibility index (Phi) is 1.05. The van der Waals surface area contributed by atoms with Crippen LogP contribution < -0.4 is 0 Å². The molecule has 2 aromatic rings. The highest BCUT2D eigenvalue weighted by Crippen LogP contribution is 2.25. The second-order valence-electron chi connectivity index (χ2n) is 2.97. The topological polar surface area (TPSA) is 34.9 Å². The minimum atomic E-state index is 0.0144. The highest BCUT2D eigenvalue weighted by molar-refractivity contribution is 6.12. The summed E-state index contributed by atoms with van der Waals surface area (Å²) in [6, 6.07) is 7.53. The van der Waals surface area contributed by atoms with Gasteiger partial charge in [0, 0.05) is 18.0 Å². The van der Waals surface area contributed by atoms with Gasteiger partial charge in [-0.2, -0.15) is 0 Å². The van der Waals surface area contributed by atoms with Crippen molar-refractivity contribution in [3.8, 4) is 5.69 Å². The fourth-order valence-corrected chi connectivity index (χ4v) is 1.66. The van der Waals surface area contributed by atoms with Gasteiger partial charge in [-0.3, -0.25) is 9.36 Å². The van der Waals surface area contributed by atoms with Crippen LogP contribution in [0.4, 0.5) is 0 Å². The molecule has 0 spiro atoms. The van der Waals surface area contributed by atoms with Gasteiger partial charge in [0.25, 0.3) is 0 Å². The molecular formula is C10H6N2O. The molecule has 62 valence electrons. The van der Waals surface area contributed by atoms with E-state index in [0.717, 1.165) is 11.3 Å². The van der Waals surface area contributed by atoms with E-state index in [2.05, 4.69) is 4.98 Å². The number of rotatable bonds is 0. The van der Waals surface area contributed by atoms with Gasteiger partial charge >= 0.3 is 0 Å². The van der Waals surface area contributed by atoms with Gasteiger partial charge in [-0.25, -0.2) is 4.98 Å². The molecule has 0 radical (unpaired) electrons. The lowest BCUT2D eigenvalue weighted by Crippen LogP contribution is -1.96. The summed E-state index contributed by atoms with van der Waals surface area (Å²) in [4.78, 5) is 15.7. The minimum Gasteiger partial charge on any atom is -0.296 e. The highest BCUT2D eigenvalue weighted by Gasteiger charge is 2.26. The molecule has 3 rings (SSSR count). The summed E-state index contributed by atoms with van der Waals surface area (Å²) in [6.45, 7) is 0. The number of benzene rings is 1. The van der Waals surface area contributed by atoms with E-state index < -0.39 is 0 Å². The zero-order valence-electron chi connectivity index (χ0n) is 6.77. The summed E-state index contributed by atoms with van der Waals surface area (Å²) in [5.74, 6) is 0.529. The number of aromatic nitrogens is 2. The van der Waals surface area contributed by atoms with Crippen LogP contribution in [0.2, 0.25) is 0 Å². The molecule has 2 heterocycles. The summed E-state index contributed by atoms with van der Waals surface area (Å²) in [6.07, 6.45) is 3.45. The van der Waals surface area contributed by atoms with Crippen molar-refractivity contribution in [2.75, 3.05) is 0 Å². The SMILES string of the molecule is O=C1c2ccccc2-n2ccnc21. The fraction of sp³-hybridized carbons (Fsp3) is 0. The van der Waals surface area contributed by atoms with Gasteiger partial charge < -0.3 is 0 Å². The third-order valence-corrected chi connectivity index (χ3v) is 2.25. The lowest BCUT2D eigenvalue weighted by molar-refractivity contribution is 0.103. The number of hydrogen-bond donors (Lipinski definition) is 0. The van der Waals surface area contributed by atoms with Crippen LogP contribution in [0.15, 0.2) is 36.7 Å². The summed E-state index contributed by atoms with van der Waals surface area (Å²) >= 11 is 0. The van der Waals surface area contributed by atoms with Gasteiger partial charge in [-0.1, -0.05) is 12.1 Å². The van der Waals surface area contributed by atoms with Crippen molar-refractivity contribution in [1.29, 1.82) is 0 Å². The molecule has 13 heavy (non-hydrogen) atoms. The van der Waals surface area contributed by atoms with Crippen molar-refractivity contribution in [3.05, 3.63) is 48.0 Å². The number of imidazole rings is 1. The predicted molar refractivity (Wildman–Crippen MR) is 47.0 cm³/mol. The van der Waals surface area contributed by atoms with E-state index in [0.29, 0.717) is 5.82 Å². The first kappa shape index (κ1) is 6.60. The molecular weight excluding hydrogens is 164 g/mol. The first-order valence-corrected chi connectivity index (χ1v) is 4.05. The zero-order valence-corrected chi connectivity index (χ0v) is 6.77. The minimum absolute atomic E-state index is 0.0144. The molecule has 0 fully saturated rings. The average molecular weight is 170 g/mol. The third-order valence-electron chi connectivity index (χ3n) is 2.25. The Morgan fingerprint density at radius 2 is 2.08 bits per heavy atom. The van der Waals surface area contributed by atoms with Gasteiger partial charge in [0.15, 0.2) is 5.82 Å². The Bertz CT molecular complexity index is 499. The number of para-hydroxylation sites is 1. The van der Waals surface area contributed by atoms with Crippen LogP contribution in [0.3, 0.4) is 0 Å². The van der Waals surface area contributed by atoms with E-state index in [-0.39, 0.29) is 5.78 Å². The van der Waals surface area contributed by atoms with Gasteiger partial charge in [-0.15, -0.1) is 0 Å². The van der Waals surface area contributed by atoms with Gasteiger partial charge in [-0.05, 0) is 12.1 Å². The van der Waals surface area contributed by atoms with Crippen LogP contribution in [-0.2, 0) is 0 Å². The van der Waals surface area contributed by atoms with Gasteiger partial charge in [0.1, 0.15) is 0 Å². The van der Waals surface area contributed by atoms with E-state index >= 15 is 0 Å². The van der Waals surface area contributed by atoms with E-state index in [1.165, 1.54) is 0 Å². The lowest BCUT2D eigenvalue weighted by Gasteiger charge is -1.96. The second kappa shape index (κ2) is 2.07. The standard InChI is InChI=1S/C10H6N2O/c13-9-7-3-1-2-4-8(7)12-6-5-11-10(9)12/h1-6H. The van der Waals surface area contributed by atoms with Crippen LogP contribution in [0.1, 0.15) is 16.2 Å². The van der Waals surface area contributed by atoms with Gasteiger partial charge in [0.05, 0.1) is 5.69 Å². The highest BCUT2D eigenvalue weighted by atomic mass is 16.1. The molecule has 3 heteroatoms. The first-order valence-electron chi connectivity index (χ1n) is 4.05. The summed E-state index contributed by atoms with van der Waals surface area (Å²) in [5, 5.41) is 0. The average Bonchev–Trinajstić information content (AvgIpc) is 2.72. The molecule has 0 saturated heterocycles. The van der Waals surface area contributed by atoms with Crippen molar-refractivity contribution in [1.82, 2.24) is 9.55 Å². The number of hydrogen-bond acceptors (Lipinski definition) is 2. The molecule has 3 nitrogen and oxygen atoms in total. The fourth-order valence-electron chi connectivity index (χ4n) is 1.66. The maximum Gasteiger partial charge on any atom is 0.230 e. The smallest absolute Gasteiger partial charge is 0.230 e. The maximum atomic E-state index is 11.7. The third kappa shape index (κ3) is 0.685. The molecule has 0 aliphatic carbocycles. The van der Waals surface area contributed by atoms with Crippen molar-refractivity contribution < 1.29 is 4.79 Å². The van der Waals surface area contributed by atoms with Crippen LogP contribution >= 0.6 is 0 Å². The van der Waals surface area contributed by atoms with Crippen LogP contribution in [-0.4, -0.2) is 15.3 Å². The number of carbonyl (C=O) groups excluding carboxylic acids is 1. The summed E-state index contributed by atoms with van der Waals surface area (Å²) in [5.41, 5.74) is 1.67. The first-order chi connectivity index (χ1) is 6.38. The van der Waals surface area contributed by atoms with Crippen LogP contribution in [0, 0.1) is 0 Å². The van der Waals surface area contributed by atoms with Crippen LogP contribution in [0.5, 0.6) is 0 Å². The quantitative estimate of drug-likeness (QED) is 0.511. The Hall–Kier alpha value is -1.90. The van der Waals surface area contributed by atoms with Crippen molar-refractivity contribution in [2.24, 2.45) is 0 Å². The number of fused-ring (bicyclic) bond motifs is 3. The molecule has 0 bridgehead atoms. The normalized spacial score (nSPS) is 12.8. The summed E-state index contributed by atoms with van der Waals surface area (Å²) < 4.78 is 1.82. The van der Waals surface area contributed by atoms with Crippen LogP contribution in [0.25, 0.3) is 5.69 Å².